The van der Waals surface area contributed by atoms with Gasteiger partial charge in [-0.05, 0) is 12.8 Å². The fraction of sp³-hybridized carbons (Fsp3) is 0.985. The zero-order chi connectivity index (χ0) is 54.3. The van der Waals surface area contributed by atoms with E-state index in [1.54, 1.807) is 0 Å². The quantitative estimate of drug-likeness (QED) is 0.0330. The van der Waals surface area contributed by atoms with Gasteiger partial charge >= 0.3 is 0 Å². The number of aliphatic hydroxyl groups excluding tert-OH is 5. The van der Waals surface area contributed by atoms with Crippen LogP contribution in [-0.2, 0) is 14.3 Å². The van der Waals surface area contributed by atoms with Gasteiger partial charge < -0.3 is 40.3 Å². The highest BCUT2D eigenvalue weighted by molar-refractivity contribution is 5.76. The summed E-state index contributed by atoms with van der Waals surface area (Å²) in [6.07, 6.45) is 63.1. The topological polar surface area (TPSA) is 149 Å². The first-order valence-electron chi connectivity index (χ1n) is 33.7. The summed E-state index contributed by atoms with van der Waals surface area (Å²) in [4.78, 5) is 13.1. The third-order valence-electron chi connectivity index (χ3n) is 16.7. The van der Waals surface area contributed by atoms with E-state index in [4.69, 9.17) is 9.47 Å². The van der Waals surface area contributed by atoms with Crippen molar-refractivity contribution in [3.05, 3.63) is 0 Å². The van der Waals surface area contributed by atoms with Crippen molar-refractivity contribution in [3.63, 3.8) is 0 Å². The van der Waals surface area contributed by atoms with Crippen LogP contribution in [-0.4, -0.2) is 87.5 Å². The molecule has 1 aliphatic rings. The second-order valence-corrected chi connectivity index (χ2v) is 24.0. The van der Waals surface area contributed by atoms with Gasteiger partial charge in [0.1, 0.15) is 24.4 Å². The molecule has 0 spiro atoms. The first-order chi connectivity index (χ1) is 36.8. The maximum atomic E-state index is 13.1. The van der Waals surface area contributed by atoms with Crippen molar-refractivity contribution in [1.82, 2.24) is 5.32 Å². The van der Waals surface area contributed by atoms with Crippen molar-refractivity contribution in [1.29, 1.82) is 0 Å². The van der Waals surface area contributed by atoms with Crippen molar-refractivity contribution < 1.29 is 39.8 Å². The summed E-state index contributed by atoms with van der Waals surface area (Å²) in [6.45, 7) is 3.90. The molecule has 448 valence electrons. The standard InChI is InChI=1S/C66H131NO8/c1-3-5-7-9-11-13-15-17-19-21-23-24-25-26-27-28-29-30-31-32-33-34-35-36-38-40-42-44-46-48-50-52-54-56-62(70)67-59(58-74-66-65(73)64(72)63(71)61(57-68)75-66)60(69)55-53-51-49-47-45-43-41-39-37-22-20-18-16-14-12-10-8-6-4-2/h59-61,63-66,68-69,71-73H,3-58H2,1-2H3,(H,67,70). The van der Waals surface area contributed by atoms with Gasteiger partial charge in [0.2, 0.25) is 5.91 Å². The summed E-state index contributed by atoms with van der Waals surface area (Å²) >= 11 is 0. The molecule has 0 aromatic heterocycles. The van der Waals surface area contributed by atoms with Crippen molar-refractivity contribution in [2.24, 2.45) is 0 Å². The van der Waals surface area contributed by atoms with Crippen LogP contribution < -0.4 is 5.32 Å². The first-order valence-corrected chi connectivity index (χ1v) is 33.7. The molecule has 1 fully saturated rings. The molecule has 75 heavy (non-hydrogen) atoms. The highest BCUT2D eigenvalue weighted by Gasteiger charge is 2.44. The van der Waals surface area contributed by atoms with Crippen LogP contribution in [0.15, 0.2) is 0 Å². The molecule has 7 unspecified atom stereocenters. The van der Waals surface area contributed by atoms with Crippen LogP contribution in [0.3, 0.4) is 0 Å². The molecule has 0 radical (unpaired) electrons. The van der Waals surface area contributed by atoms with E-state index in [0.717, 1.165) is 38.5 Å². The number of aliphatic hydroxyl groups is 5. The maximum absolute atomic E-state index is 13.1. The van der Waals surface area contributed by atoms with Crippen molar-refractivity contribution >= 4 is 5.91 Å². The summed E-state index contributed by atoms with van der Waals surface area (Å²) in [5.74, 6) is -0.134. The molecular weight excluding hydrogens is 935 g/mol. The lowest BCUT2D eigenvalue weighted by Gasteiger charge is -2.40. The Morgan fingerprint density at radius 1 is 0.400 bits per heavy atom. The molecule has 0 bridgehead atoms. The van der Waals surface area contributed by atoms with Gasteiger partial charge in [-0.25, -0.2) is 0 Å². The maximum Gasteiger partial charge on any atom is 0.220 e. The predicted molar refractivity (Wildman–Crippen MR) is 318 cm³/mol. The Hall–Kier alpha value is -0.810. The zero-order valence-corrected chi connectivity index (χ0v) is 50.1. The number of rotatable bonds is 60. The van der Waals surface area contributed by atoms with Crippen molar-refractivity contribution in [2.75, 3.05) is 13.2 Å². The molecule has 1 heterocycles. The minimum absolute atomic E-state index is 0.131. The number of hydrogen-bond donors (Lipinski definition) is 6. The Bertz CT molecular complexity index is 1140. The van der Waals surface area contributed by atoms with E-state index in [-0.39, 0.29) is 12.5 Å². The average Bonchev–Trinajstić information content (AvgIpc) is 3.41. The molecule has 0 aromatic rings. The molecule has 1 amide bonds. The van der Waals surface area contributed by atoms with Gasteiger partial charge in [0, 0.05) is 6.42 Å². The number of carbonyl (C=O) groups excluding carboxylic acids is 1. The molecule has 0 saturated carbocycles. The van der Waals surface area contributed by atoms with Crippen LogP contribution in [0.5, 0.6) is 0 Å². The van der Waals surface area contributed by atoms with Crippen molar-refractivity contribution in [2.45, 2.75) is 403 Å². The number of hydrogen-bond acceptors (Lipinski definition) is 8. The number of unbranched alkanes of at least 4 members (excludes halogenated alkanes) is 50. The Kier molecular flexibility index (Phi) is 54.4. The Labute approximate surface area is 465 Å². The summed E-state index contributed by atoms with van der Waals surface area (Å²) < 4.78 is 11.4. The fourth-order valence-corrected chi connectivity index (χ4v) is 11.4. The van der Waals surface area contributed by atoms with Crippen LogP contribution >= 0.6 is 0 Å². The van der Waals surface area contributed by atoms with Crippen LogP contribution in [0.2, 0.25) is 0 Å². The predicted octanol–water partition coefficient (Wildman–Crippen LogP) is 17.8. The largest absolute Gasteiger partial charge is 0.394 e. The van der Waals surface area contributed by atoms with E-state index in [9.17, 15) is 30.3 Å². The second-order valence-electron chi connectivity index (χ2n) is 24.0. The number of carbonyl (C=O) groups is 1. The van der Waals surface area contributed by atoms with Gasteiger partial charge in [-0.2, -0.15) is 0 Å². The van der Waals surface area contributed by atoms with Crippen LogP contribution in [0, 0.1) is 0 Å². The minimum Gasteiger partial charge on any atom is -0.394 e. The molecule has 9 heteroatoms. The van der Waals surface area contributed by atoms with Crippen LogP contribution in [0.4, 0.5) is 0 Å². The van der Waals surface area contributed by atoms with E-state index in [1.807, 2.05) is 0 Å². The zero-order valence-electron chi connectivity index (χ0n) is 50.1. The molecule has 1 saturated heterocycles. The van der Waals surface area contributed by atoms with E-state index in [2.05, 4.69) is 19.2 Å². The van der Waals surface area contributed by atoms with E-state index < -0.39 is 49.5 Å². The summed E-state index contributed by atoms with van der Waals surface area (Å²) in [6, 6.07) is -0.714. The molecule has 0 aliphatic carbocycles. The third-order valence-corrected chi connectivity index (χ3v) is 16.7. The second kappa shape index (κ2) is 56.5. The number of nitrogens with one attached hydrogen (secondary N) is 1. The Morgan fingerprint density at radius 2 is 0.667 bits per heavy atom. The molecule has 1 rings (SSSR count). The Balaban J connectivity index is 2.07. The van der Waals surface area contributed by atoms with Gasteiger partial charge in [0.25, 0.3) is 0 Å². The number of amides is 1. The van der Waals surface area contributed by atoms with Gasteiger partial charge in [0.15, 0.2) is 6.29 Å². The van der Waals surface area contributed by atoms with Gasteiger partial charge in [-0.3, -0.25) is 4.79 Å². The van der Waals surface area contributed by atoms with E-state index in [0.29, 0.717) is 12.8 Å². The van der Waals surface area contributed by atoms with Crippen LogP contribution in [0.25, 0.3) is 0 Å². The average molecular weight is 1070 g/mol. The fourth-order valence-electron chi connectivity index (χ4n) is 11.4. The van der Waals surface area contributed by atoms with Gasteiger partial charge in [0.05, 0.1) is 25.4 Å². The highest BCUT2D eigenvalue weighted by atomic mass is 16.7. The summed E-state index contributed by atoms with van der Waals surface area (Å²) in [5.41, 5.74) is 0. The van der Waals surface area contributed by atoms with Crippen molar-refractivity contribution in [3.8, 4) is 0 Å². The lowest BCUT2D eigenvalue weighted by atomic mass is 9.99. The third kappa shape index (κ3) is 45.6. The van der Waals surface area contributed by atoms with E-state index in [1.165, 1.54) is 295 Å². The molecule has 9 nitrogen and oxygen atoms in total. The SMILES string of the molecule is CCCCCCCCCCCCCCCCCCCCCCCCCCCCCCCCCCCC(=O)NC(COC1OC(CO)C(O)C(O)C1O)C(O)CCCCCCCCCCCCCCCCCCCCC. The summed E-state index contributed by atoms with van der Waals surface area (Å²) in [7, 11) is 0. The van der Waals surface area contributed by atoms with E-state index >= 15 is 0 Å². The first kappa shape index (κ1) is 72.2. The molecular formula is C66H131NO8. The molecule has 7 atom stereocenters. The normalized spacial score (nSPS) is 18.7. The van der Waals surface area contributed by atoms with Crippen LogP contribution in [0.1, 0.15) is 361 Å². The lowest BCUT2D eigenvalue weighted by Crippen LogP contribution is -2.60. The molecule has 6 N–H and O–H groups in total. The monoisotopic (exact) mass is 1070 g/mol. The van der Waals surface area contributed by atoms with Gasteiger partial charge in [-0.1, -0.05) is 341 Å². The molecule has 0 aromatic carbocycles. The van der Waals surface area contributed by atoms with Gasteiger partial charge in [-0.15, -0.1) is 0 Å². The highest BCUT2D eigenvalue weighted by Crippen LogP contribution is 2.24. The lowest BCUT2D eigenvalue weighted by molar-refractivity contribution is -0.302. The minimum atomic E-state index is -1.55. The summed E-state index contributed by atoms with van der Waals surface area (Å²) in [5, 5.41) is 54.8. The smallest absolute Gasteiger partial charge is 0.220 e. The Morgan fingerprint density at radius 3 is 0.947 bits per heavy atom. The molecule has 1 aliphatic heterocycles. The number of ether oxygens (including phenoxy) is 2.